The molecular formula is C13H24N2O3. The predicted octanol–water partition coefficient (Wildman–Crippen LogP) is 1.09. The van der Waals surface area contributed by atoms with E-state index in [0.29, 0.717) is 0 Å². The minimum absolute atomic E-state index is 0.0552. The van der Waals surface area contributed by atoms with Crippen molar-refractivity contribution in [3.8, 4) is 0 Å². The Hall–Kier alpha value is -1.10. The number of hydrogen-bond acceptors (Lipinski definition) is 3. The van der Waals surface area contributed by atoms with Gasteiger partial charge >= 0.3 is 5.97 Å². The van der Waals surface area contributed by atoms with E-state index >= 15 is 0 Å². The van der Waals surface area contributed by atoms with Crippen LogP contribution in [0.2, 0.25) is 0 Å². The SMILES string of the molecule is CC[C@H](C)[C@H](NC(=O)C1CCCCN1C)C(=O)O. The van der Waals surface area contributed by atoms with E-state index in [1.165, 1.54) is 0 Å². The number of carboxylic acids is 1. The fourth-order valence-corrected chi connectivity index (χ4v) is 2.34. The summed E-state index contributed by atoms with van der Waals surface area (Å²) in [6.45, 7) is 4.68. The summed E-state index contributed by atoms with van der Waals surface area (Å²) in [4.78, 5) is 25.3. The molecule has 5 nitrogen and oxygen atoms in total. The molecule has 0 saturated carbocycles. The second kappa shape index (κ2) is 6.73. The van der Waals surface area contributed by atoms with E-state index in [1.807, 2.05) is 25.8 Å². The van der Waals surface area contributed by atoms with Gasteiger partial charge < -0.3 is 10.4 Å². The number of likely N-dealkylation sites (tertiary alicyclic amines) is 1. The van der Waals surface area contributed by atoms with Crippen molar-refractivity contribution in [2.45, 2.75) is 51.6 Å². The van der Waals surface area contributed by atoms with Crippen molar-refractivity contribution in [1.29, 1.82) is 0 Å². The number of hydrogen-bond donors (Lipinski definition) is 2. The summed E-state index contributed by atoms with van der Waals surface area (Å²) < 4.78 is 0. The normalized spacial score (nSPS) is 24.3. The van der Waals surface area contributed by atoms with E-state index < -0.39 is 12.0 Å². The standard InChI is InChI=1S/C13H24N2O3/c1-4-9(2)11(13(17)18)14-12(16)10-7-5-6-8-15(10)3/h9-11H,4-8H2,1-3H3,(H,14,16)(H,17,18)/t9-,10?,11-/m0/s1. The molecule has 0 aromatic heterocycles. The number of nitrogens with zero attached hydrogens (tertiary/aromatic N) is 1. The van der Waals surface area contributed by atoms with Crippen LogP contribution in [-0.4, -0.2) is 47.6 Å². The lowest BCUT2D eigenvalue weighted by atomic mass is 9.97. The van der Waals surface area contributed by atoms with Crippen LogP contribution in [0, 0.1) is 5.92 Å². The number of piperidine rings is 1. The van der Waals surface area contributed by atoms with Crippen LogP contribution in [0.15, 0.2) is 0 Å². The van der Waals surface area contributed by atoms with Gasteiger partial charge in [0.15, 0.2) is 0 Å². The Morgan fingerprint density at radius 2 is 2.11 bits per heavy atom. The molecule has 3 atom stereocenters. The first kappa shape index (κ1) is 15.0. The molecule has 1 fully saturated rings. The van der Waals surface area contributed by atoms with Gasteiger partial charge in [0.25, 0.3) is 0 Å². The topological polar surface area (TPSA) is 69.6 Å². The fourth-order valence-electron chi connectivity index (χ4n) is 2.34. The summed E-state index contributed by atoms with van der Waals surface area (Å²) in [5.41, 5.74) is 0. The second-order valence-electron chi connectivity index (χ2n) is 5.20. The Bertz CT molecular complexity index is 307. The molecule has 1 heterocycles. The maximum atomic E-state index is 12.1. The maximum Gasteiger partial charge on any atom is 0.326 e. The summed E-state index contributed by atoms with van der Waals surface area (Å²) in [5, 5.41) is 11.8. The Balaban J connectivity index is 2.63. The largest absolute Gasteiger partial charge is 0.480 e. The van der Waals surface area contributed by atoms with Gasteiger partial charge in [-0.05, 0) is 32.4 Å². The number of amides is 1. The molecule has 1 aliphatic heterocycles. The Morgan fingerprint density at radius 1 is 1.44 bits per heavy atom. The lowest BCUT2D eigenvalue weighted by molar-refractivity contribution is -0.144. The van der Waals surface area contributed by atoms with Gasteiger partial charge in [-0.1, -0.05) is 26.7 Å². The summed E-state index contributed by atoms with van der Waals surface area (Å²) in [6.07, 6.45) is 3.68. The Morgan fingerprint density at radius 3 is 2.61 bits per heavy atom. The van der Waals surface area contributed by atoms with Crippen molar-refractivity contribution in [1.82, 2.24) is 10.2 Å². The van der Waals surface area contributed by atoms with Gasteiger partial charge in [0.2, 0.25) is 5.91 Å². The highest BCUT2D eigenvalue weighted by molar-refractivity contribution is 5.87. The third kappa shape index (κ3) is 3.70. The average molecular weight is 256 g/mol. The first-order chi connectivity index (χ1) is 8.47. The average Bonchev–Trinajstić information content (AvgIpc) is 2.35. The minimum atomic E-state index is -0.948. The fraction of sp³-hybridized carbons (Fsp3) is 0.846. The molecule has 104 valence electrons. The van der Waals surface area contributed by atoms with Gasteiger partial charge in [0.1, 0.15) is 6.04 Å². The van der Waals surface area contributed by atoms with Crippen molar-refractivity contribution in [2.24, 2.45) is 5.92 Å². The van der Waals surface area contributed by atoms with Gasteiger partial charge in [-0.25, -0.2) is 4.79 Å². The lowest BCUT2D eigenvalue weighted by Gasteiger charge is -2.32. The molecule has 0 bridgehead atoms. The Kier molecular flexibility index (Phi) is 5.59. The first-order valence-corrected chi connectivity index (χ1v) is 6.70. The van der Waals surface area contributed by atoms with E-state index in [-0.39, 0.29) is 17.9 Å². The molecule has 5 heteroatoms. The van der Waals surface area contributed by atoms with Crippen LogP contribution in [0.4, 0.5) is 0 Å². The predicted molar refractivity (Wildman–Crippen MR) is 69.3 cm³/mol. The van der Waals surface area contributed by atoms with Gasteiger partial charge in [0, 0.05) is 0 Å². The highest BCUT2D eigenvalue weighted by Gasteiger charge is 2.31. The Labute approximate surface area is 109 Å². The van der Waals surface area contributed by atoms with Crippen molar-refractivity contribution in [3.05, 3.63) is 0 Å². The van der Waals surface area contributed by atoms with E-state index in [0.717, 1.165) is 32.2 Å². The molecular weight excluding hydrogens is 232 g/mol. The zero-order valence-electron chi connectivity index (χ0n) is 11.5. The quantitative estimate of drug-likeness (QED) is 0.772. The molecule has 2 N–H and O–H groups in total. The molecule has 0 spiro atoms. The lowest BCUT2D eigenvalue weighted by Crippen LogP contribution is -2.53. The molecule has 0 aromatic rings. The van der Waals surface area contributed by atoms with Crippen molar-refractivity contribution in [3.63, 3.8) is 0 Å². The smallest absolute Gasteiger partial charge is 0.326 e. The third-order valence-electron chi connectivity index (χ3n) is 3.85. The maximum absolute atomic E-state index is 12.1. The molecule has 18 heavy (non-hydrogen) atoms. The highest BCUT2D eigenvalue weighted by atomic mass is 16.4. The number of carbonyl (C=O) groups excluding carboxylic acids is 1. The van der Waals surface area contributed by atoms with Crippen LogP contribution in [0.1, 0.15) is 39.5 Å². The van der Waals surface area contributed by atoms with E-state index in [2.05, 4.69) is 5.32 Å². The van der Waals surface area contributed by atoms with Gasteiger partial charge in [-0.2, -0.15) is 0 Å². The van der Waals surface area contributed by atoms with Crippen molar-refractivity contribution in [2.75, 3.05) is 13.6 Å². The molecule has 1 rings (SSSR count). The zero-order chi connectivity index (χ0) is 13.7. The van der Waals surface area contributed by atoms with Crippen LogP contribution < -0.4 is 5.32 Å². The summed E-state index contributed by atoms with van der Waals surface area (Å²) in [6, 6.07) is -0.956. The molecule has 1 amide bonds. The van der Waals surface area contributed by atoms with E-state index in [9.17, 15) is 9.59 Å². The number of carboxylic acid groups (broad SMARTS) is 1. The van der Waals surface area contributed by atoms with Gasteiger partial charge in [-0.3, -0.25) is 9.69 Å². The first-order valence-electron chi connectivity index (χ1n) is 6.70. The summed E-state index contributed by atoms with van der Waals surface area (Å²) >= 11 is 0. The number of nitrogens with one attached hydrogen (secondary N) is 1. The molecule has 0 aliphatic carbocycles. The molecule has 0 radical (unpaired) electrons. The summed E-state index contributed by atoms with van der Waals surface area (Å²) in [7, 11) is 1.92. The van der Waals surface area contributed by atoms with Crippen LogP contribution >= 0.6 is 0 Å². The molecule has 1 aliphatic rings. The highest BCUT2D eigenvalue weighted by Crippen LogP contribution is 2.16. The monoisotopic (exact) mass is 256 g/mol. The van der Waals surface area contributed by atoms with Crippen LogP contribution in [0.3, 0.4) is 0 Å². The summed E-state index contributed by atoms with van der Waals surface area (Å²) in [5.74, 6) is -1.15. The third-order valence-corrected chi connectivity index (χ3v) is 3.85. The second-order valence-corrected chi connectivity index (χ2v) is 5.20. The van der Waals surface area contributed by atoms with Crippen LogP contribution in [0.25, 0.3) is 0 Å². The van der Waals surface area contributed by atoms with E-state index in [4.69, 9.17) is 5.11 Å². The zero-order valence-corrected chi connectivity index (χ0v) is 11.5. The van der Waals surface area contributed by atoms with Gasteiger partial charge in [-0.15, -0.1) is 0 Å². The minimum Gasteiger partial charge on any atom is -0.480 e. The van der Waals surface area contributed by atoms with E-state index in [1.54, 1.807) is 0 Å². The number of likely N-dealkylation sites (N-methyl/N-ethyl adjacent to an activating group) is 1. The molecule has 1 unspecified atom stereocenters. The molecule has 0 aromatic carbocycles. The van der Waals surface area contributed by atoms with Crippen LogP contribution in [-0.2, 0) is 9.59 Å². The van der Waals surface area contributed by atoms with Crippen molar-refractivity contribution >= 4 is 11.9 Å². The number of carbonyl (C=O) groups is 2. The van der Waals surface area contributed by atoms with Crippen LogP contribution in [0.5, 0.6) is 0 Å². The van der Waals surface area contributed by atoms with Gasteiger partial charge in [0.05, 0.1) is 6.04 Å². The number of aliphatic carboxylic acids is 1. The molecule has 1 saturated heterocycles. The van der Waals surface area contributed by atoms with Crippen molar-refractivity contribution < 1.29 is 14.7 Å². The number of rotatable bonds is 5.